The first-order valence-corrected chi connectivity index (χ1v) is 9.06. The summed E-state index contributed by atoms with van der Waals surface area (Å²) in [6.45, 7) is -3.31. The molecule has 0 saturated carbocycles. The van der Waals surface area contributed by atoms with Crippen LogP contribution in [0.4, 0.5) is 17.6 Å². The van der Waals surface area contributed by atoms with Crippen LogP contribution >= 0.6 is 0 Å². The number of nitrogens with zero attached hydrogens (tertiary/aromatic N) is 4. The van der Waals surface area contributed by atoms with Gasteiger partial charge in [-0.15, -0.1) is 18.3 Å². The van der Waals surface area contributed by atoms with Crippen LogP contribution in [0.2, 0.25) is 0 Å². The van der Waals surface area contributed by atoms with E-state index in [1.165, 1.54) is 22.8 Å². The van der Waals surface area contributed by atoms with Crippen LogP contribution in [0.1, 0.15) is 25.7 Å². The van der Waals surface area contributed by atoms with Crippen LogP contribution in [-0.2, 0) is 6.54 Å². The zero-order chi connectivity index (χ0) is 25.4. The summed E-state index contributed by atoms with van der Waals surface area (Å²) in [4.78, 5) is 16.9. The van der Waals surface area contributed by atoms with Crippen molar-refractivity contribution in [2.24, 2.45) is 0 Å². The number of amides is 1. The molecule has 1 amide bonds. The molecule has 0 aliphatic carbocycles. The molecule has 0 atom stereocenters. The summed E-state index contributed by atoms with van der Waals surface area (Å²) in [7, 11) is 0. The average Bonchev–Trinajstić information content (AvgIpc) is 3.26. The van der Waals surface area contributed by atoms with E-state index in [1.807, 2.05) is 0 Å². The summed E-state index contributed by atoms with van der Waals surface area (Å²) in [6.07, 6.45) is -3.47. The number of ether oxygens (including phenoxy) is 1. The van der Waals surface area contributed by atoms with Gasteiger partial charge in [0.05, 0.1) is 34.4 Å². The molecule has 3 heterocycles. The minimum Gasteiger partial charge on any atom is -0.406 e. The molecule has 0 radical (unpaired) electrons. The normalized spacial score (nSPS) is 13.3. The van der Waals surface area contributed by atoms with Crippen LogP contribution in [0.3, 0.4) is 0 Å². The van der Waals surface area contributed by atoms with E-state index in [1.54, 1.807) is 18.2 Å². The number of rotatable bonds is 5. The molecule has 0 unspecified atom stereocenters. The second kappa shape index (κ2) is 8.25. The van der Waals surface area contributed by atoms with Gasteiger partial charge in [0.25, 0.3) is 5.91 Å². The van der Waals surface area contributed by atoms with Crippen molar-refractivity contribution in [1.29, 1.82) is 0 Å². The highest BCUT2D eigenvalue weighted by atomic mass is 19.4. The maximum atomic E-state index is 14.1. The maximum Gasteiger partial charge on any atom is 0.573 e. The number of nitrogens with one attached hydrogen (secondary N) is 1. The van der Waals surface area contributed by atoms with Crippen molar-refractivity contribution in [1.82, 2.24) is 25.1 Å². The smallest absolute Gasteiger partial charge is 0.406 e. The molecule has 0 bridgehead atoms. The highest BCUT2D eigenvalue weighted by Crippen LogP contribution is 2.25. The van der Waals surface area contributed by atoms with Crippen LogP contribution in [0.15, 0.2) is 54.7 Å². The number of alkyl halides is 3. The van der Waals surface area contributed by atoms with Crippen LogP contribution in [0.5, 0.6) is 5.75 Å². The van der Waals surface area contributed by atoms with E-state index in [9.17, 15) is 22.4 Å². The van der Waals surface area contributed by atoms with Crippen LogP contribution < -0.4 is 10.1 Å². The molecule has 7 nitrogen and oxygen atoms in total. The fraction of sp³-hybridized carbons (Fsp3) is 0.143. The second-order valence-corrected chi connectivity index (χ2v) is 6.56. The number of carbonyl (C=O) groups is 1. The number of carbonyl (C=O) groups excluding carboxylic acids is 1. The molecule has 1 N–H and O–H groups in total. The van der Waals surface area contributed by atoms with Crippen molar-refractivity contribution in [3.8, 4) is 17.1 Å². The van der Waals surface area contributed by atoms with Gasteiger partial charge in [0, 0.05) is 16.2 Å². The van der Waals surface area contributed by atoms with Crippen molar-refractivity contribution >= 4 is 11.4 Å². The van der Waals surface area contributed by atoms with E-state index in [-0.39, 0.29) is 16.8 Å². The third kappa shape index (κ3) is 4.51. The summed E-state index contributed by atoms with van der Waals surface area (Å²) in [6, 6.07) is 10.1. The van der Waals surface area contributed by atoms with Gasteiger partial charge in [0.2, 0.25) is 0 Å². The number of pyridine rings is 2. The Balaban J connectivity index is 1.62. The molecule has 0 spiro atoms. The summed E-state index contributed by atoms with van der Waals surface area (Å²) in [5, 5.41) is 10.0. The fourth-order valence-electron chi connectivity index (χ4n) is 2.99. The third-order valence-electron chi connectivity index (χ3n) is 4.42. The van der Waals surface area contributed by atoms with Gasteiger partial charge < -0.3 is 10.1 Å². The molecule has 0 saturated heterocycles. The Kier molecular flexibility index (Phi) is 4.55. The third-order valence-corrected chi connectivity index (χ3v) is 4.42. The average molecular weight is 448 g/mol. The Labute approximate surface area is 182 Å². The first-order chi connectivity index (χ1) is 16.4. The van der Waals surface area contributed by atoms with Gasteiger partial charge in [-0.3, -0.25) is 9.78 Å². The largest absolute Gasteiger partial charge is 0.573 e. The predicted molar refractivity (Wildman–Crippen MR) is 105 cm³/mol. The number of halogens is 4. The van der Waals surface area contributed by atoms with E-state index in [2.05, 4.69) is 25.3 Å². The summed E-state index contributed by atoms with van der Waals surface area (Å²) in [5.74, 6) is -2.46. The number of hydrogen-bond donors (Lipinski definition) is 1. The lowest BCUT2D eigenvalue weighted by molar-refractivity contribution is -0.274. The molecular weight excluding hydrogens is 430 g/mol. The Hall–Kier alpha value is -4.02. The highest BCUT2D eigenvalue weighted by Gasteiger charge is 2.31. The Bertz CT molecular complexity index is 1410. The molecule has 1 aromatic carbocycles. The number of fused-ring (bicyclic) bond motifs is 1. The van der Waals surface area contributed by atoms with Crippen molar-refractivity contribution in [3.63, 3.8) is 0 Å². The van der Waals surface area contributed by atoms with Crippen molar-refractivity contribution in [3.05, 3.63) is 77.4 Å². The van der Waals surface area contributed by atoms with Gasteiger partial charge in [-0.1, -0.05) is 11.3 Å². The SMILES string of the molecule is [2H]C([2H])([2H])c1nc(-c2cccc3cnnn23)ccc1C(=O)NCc1cc(OC(F)(F)F)ccc1F. The molecular formula is C21H15F4N5O2. The van der Waals surface area contributed by atoms with Crippen molar-refractivity contribution < 1.29 is 31.2 Å². The second-order valence-electron chi connectivity index (χ2n) is 6.56. The Morgan fingerprint density at radius 2 is 2.06 bits per heavy atom. The first kappa shape index (κ1) is 17.6. The van der Waals surface area contributed by atoms with Crippen LogP contribution in [0.25, 0.3) is 16.9 Å². The lowest BCUT2D eigenvalue weighted by Gasteiger charge is -2.12. The molecule has 4 rings (SSSR count). The lowest BCUT2D eigenvalue weighted by atomic mass is 10.1. The number of aromatic nitrogens is 4. The van der Waals surface area contributed by atoms with Gasteiger partial charge >= 0.3 is 6.36 Å². The fourth-order valence-corrected chi connectivity index (χ4v) is 2.99. The molecule has 11 heteroatoms. The van der Waals surface area contributed by atoms with Gasteiger partial charge in [0.15, 0.2) is 0 Å². The lowest BCUT2D eigenvalue weighted by Crippen LogP contribution is -2.24. The zero-order valence-electron chi connectivity index (χ0n) is 19.0. The quantitative estimate of drug-likeness (QED) is 0.466. The number of hydrogen-bond acceptors (Lipinski definition) is 5. The van der Waals surface area contributed by atoms with Gasteiger partial charge in [-0.25, -0.2) is 8.91 Å². The Morgan fingerprint density at radius 1 is 1.22 bits per heavy atom. The van der Waals surface area contributed by atoms with Gasteiger partial charge in [-0.2, -0.15) is 0 Å². The van der Waals surface area contributed by atoms with Crippen molar-refractivity contribution in [2.75, 3.05) is 0 Å². The summed E-state index contributed by atoms with van der Waals surface area (Å²) >= 11 is 0. The minimum absolute atomic E-state index is 0.215. The van der Waals surface area contributed by atoms with E-state index < -0.39 is 42.9 Å². The molecule has 0 fully saturated rings. The Morgan fingerprint density at radius 3 is 2.84 bits per heavy atom. The molecule has 4 aromatic rings. The maximum absolute atomic E-state index is 14.1. The molecule has 32 heavy (non-hydrogen) atoms. The van der Waals surface area contributed by atoms with Crippen molar-refractivity contribution in [2.45, 2.75) is 19.8 Å². The monoisotopic (exact) mass is 448 g/mol. The number of aryl methyl sites for hydroxylation is 1. The minimum atomic E-state index is -4.98. The van der Waals surface area contributed by atoms with E-state index in [4.69, 9.17) is 4.11 Å². The highest BCUT2D eigenvalue weighted by molar-refractivity contribution is 5.95. The van der Waals surface area contributed by atoms with E-state index >= 15 is 0 Å². The summed E-state index contributed by atoms with van der Waals surface area (Å²) < 4.78 is 80.0. The molecule has 164 valence electrons. The molecule has 0 aliphatic rings. The van der Waals surface area contributed by atoms with E-state index in [0.29, 0.717) is 11.2 Å². The predicted octanol–water partition coefficient (Wildman–Crippen LogP) is 4.07. The molecule has 3 aromatic heterocycles. The zero-order valence-corrected chi connectivity index (χ0v) is 16.0. The first-order valence-electron chi connectivity index (χ1n) is 10.6. The molecule has 0 aliphatic heterocycles. The van der Waals surface area contributed by atoms with Gasteiger partial charge in [-0.05, 0) is 49.3 Å². The van der Waals surface area contributed by atoms with Crippen LogP contribution in [-0.4, -0.2) is 32.1 Å². The summed E-state index contributed by atoms with van der Waals surface area (Å²) in [5.41, 5.74) is 0.174. The number of benzene rings is 1. The standard InChI is InChI=1S/C21H15F4N5O2/c1-12-16(6-8-18(28-12)19-4-2-3-14-11-27-29-30(14)19)20(31)26-10-13-9-15(5-7-17(13)22)32-21(23,24)25/h2-9,11H,10H2,1H3,(H,26,31)/i1D3. The van der Waals surface area contributed by atoms with E-state index in [0.717, 1.165) is 18.2 Å². The van der Waals surface area contributed by atoms with Gasteiger partial charge in [0.1, 0.15) is 11.6 Å². The van der Waals surface area contributed by atoms with Crippen LogP contribution in [0, 0.1) is 12.7 Å². The topological polar surface area (TPSA) is 81.4 Å².